The third kappa shape index (κ3) is 4.69. The van der Waals surface area contributed by atoms with Crippen molar-refractivity contribution in [1.82, 2.24) is 19.5 Å². The molecule has 7 aromatic rings. The normalized spacial score (nSPS) is 13.1. The van der Waals surface area contributed by atoms with Gasteiger partial charge in [0.2, 0.25) is 5.71 Å². The Morgan fingerprint density at radius 3 is 2.51 bits per heavy atom. The maximum Gasteiger partial charge on any atom is 0.216 e. The molecule has 0 saturated heterocycles. The van der Waals surface area contributed by atoms with E-state index in [4.69, 9.17) is 9.40 Å². The van der Waals surface area contributed by atoms with Gasteiger partial charge in [-0.15, -0.1) is 54.1 Å². The molecule has 3 aromatic carbocycles. The molecule has 0 atom stereocenters. The Morgan fingerprint density at radius 2 is 1.71 bits per heavy atom. The van der Waals surface area contributed by atoms with Crippen molar-refractivity contribution < 1.29 is 24.5 Å². The number of nitrogens with zero attached hydrogens (tertiary/aromatic N) is 4. The average molecular weight is 711 g/mol. The number of allylic oxidation sites excluding steroid dienone is 1. The van der Waals surface area contributed by atoms with Crippen molar-refractivity contribution in [1.29, 1.82) is 0 Å². The van der Waals surface area contributed by atoms with Crippen molar-refractivity contribution in [2.24, 2.45) is 0 Å². The molecule has 41 heavy (non-hydrogen) atoms. The van der Waals surface area contributed by atoms with Gasteiger partial charge in [-0.25, -0.2) is 4.98 Å². The fourth-order valence-electron chi connectivity index (χ4n) is 5.35. The first-order chi connectivity index (χ1) is 19.5. The average Bonchev–Trinajstić information content (AvgIpc) is 3.56. The SMILES string of the molecule is CC1(C)C=Cc2cccc3nc(-c4[c-]cccc4)n1c23.Cc1ccc2c(n1)oc1c(-c3ccccn3)[c-]ccc12.[Ir]. The monoisotopic (exact) mass is 711 g/mol. The summed E-state index contributed by atoms with van der Waals surface area (Å²) in [5.41, 5.74) is 8.58. The maximum atomic E-state index is 5.94. The van der Waals surface area contributed by atoms with Crippen molar-refractivity contribution in [2.75, 3.05) is 0 Å². The van der Waals surface area contributed by atoms with Gasteiger partial charge in [0.1, 0.15) is 0 Å². The topological polar surface area (TPSA) is 56.7 Å². The molecule has 6 heteroatoms. The first kappa shape index (κ1) is 26.8. The third-order valence-electron chi connectivity index (χ3n) is 7.26. The van der Waals surface area contributed by atoms with Crippen LogP contribution >= 0.6 is 0 Å². The van der Waals surface area contributed by atoms with E-state index in [1.807, 2.05) is 67.6 Å². The standard InChI is InChI=1S/C18H15N2.C17H11N2O.Ir/c1-18(2)12-11-13-9-6-10-15-16(13)20(18)17(19-15)14-7-4-3-5-8-14;1-11-8-9-13-12-5-4-6-14(15-7-2-3-10-18-15)16(12)20-17(13)19-11;/h3-7,9-12H,1-2H3;2-5,7-10H,1H3;/q2*-1;. The summed E-state index contributed by atoms with van der Waals surface area (Å²) in [7, 11) is 0. The largest absolute Gasteiger partial charge is 0.486 e. The molecular weight excluding hydrogens is 685 g/mol. The van der Waals surface area contributed by atoms with Crippen LogP contribution < -0.4 is 0 Å². The van der Waals surface area contributed by atoms with Gasteiger partial charge in [0, 0.05) is 37.4 Å². The summed E-state index contributed by atoms with van der Waals surface area (Å²) in [6.45, 7) is 6.39. The second-order valence-electron chi connectivity index (χ2n) is 10.5. The zero-order valence-corrected chi connectivity index (χ0v) is 25.2. The predicted molar refractivity (Wildman–Crippen MR) is 161 cm³/mol. The number of fused-ring (bicyclic) bond motifs is 3. The van der Waals surface area contributed by atoms with Crippen LogP contribution in [0.15, 0.2) is 102 Å². The quantitative estimate of drug-likeness (QED) is 0.169. The van der Waals surface area contributed by atoms with E-state index in [2.05, 4.69) is 76.9 Å². The summed E-state index contributed by atoms with van der Waals surface area (Å²) in [6, 6.07) is 34.6. The number of para-hydroxylation sites is 1. The van der Waals surface area contributed by atoms with Crippen LogP contribution in [0.3, 0.4) is 0 Å². The molecule has 1 radical (unpaired) electrons. The smallest absolute Gasteiger partial charge is 0.216 e. The van der Waals surface area contributed by atoms with Gasteiger partial charge < -0.3 is 14.0 Å². The number of imidazole rings is 1. The van der Waals surface area contributed by atoms with Crippen LogP contribution in [0.25, 0.3) is 61.8 Å². The molecule has 1 aliphatic rings. The Bertz CT molecular complexity index is 2040. The van der Waals surface area contributed by atoms with Gasteiger partial charge in [0.15, 0.2) is 0 Å². The molecule has 1 aliphatic heterocycles. The van der Waals surface area contributed by atoms with Gasteiger partial charge in [-0.1, -0.05) is 47.4 Å². The first-order valence-electron chi connectivity index (χ1n) is 13.3. The van der Waals surface area contributed by atoms with E-state index in [0.717, 1.165) is 50.2 Å². The Kier molecular flexibility index (Phi) is 6.90. The molecule has 5 heterocycles. The number of aryl methyl sites for hydroxylation is 1. The van der Waals surface area contributed by atoms with Crippen LogP contribution in [-0.4, -0.2) is 19.5 Å². The van der Waals surface area contributed by atoms with Gasteiger partial charge in [0.25, 0.3) is 0 Å². The van der Waals surface area contributed by atoms with Crippen LogP contribution in [0.1, 0.15) is 25.1 Å². The molecule has 0 spiro atoms. The molecule has 0 bridgehead atoms. The fraction of sp³-hybridized carbons (Fsp3) is 0.114. The summed E-state index contributed by atoms with van der Waals surface area (Å²) >= 11 is 0. The molecule has 8 rings (SSSR count). The molecule has 4 aromatic heterocycles. The van der Waals surface area contributed by atoms with Gasteiger partial charge >= 0.3 is 0 Å². The fourth-order valence-corrected chi connectivity index (χ4v) is 5.35. The Hall–Kier alpha value is -4.38. The Morgan fingerprint density at radius 1 is 0.829 bits per heavy atom. The van der Waals surface area contributed by atoms with Gasteiger partial charge in [0.05, 0.1) is 28.0 Å². The minimum Gasteiger partial charge on any atom is -0.486 e. The second-order valence-corrected chi connectivity index (χ2v) is 10.5. The van der Waals surface area contributed by atoms with Gasteiger partial charge in [-0.3, -0.25) is 4.98 Å². The molecule has 5 nitrogen and oxygen atoms in total. The minimum absolute atomic E-state index is 0. The van der Waals surface area contributed by atoms with Crippen LogP contribution in [-0.2, 0) is 25.6 Å². The molecule has 0 N–H and O–H groups in total. The Labute approximate surface area is 251 Å². The van der Waals surface area contributed by atoms with E-state index in [0.29, 0.717) is 5.71 Å². The zero-order valence-electron chi connectivity index (χ0n) is 22.8. The number of furan rings is 1. The van der Waals surface area contributed by atoms with E-state index >= 15 is 0 Å². The van der Waals surface area contributed by atoms with Crippen molar-refractivity contribution >= 4 is 39.2 Å². The van der Waals surface area contributed by atoms with Gasteiger partial charge in [-0.05, 0) is 56.3 Å². The van der Waals surface area contributed by atoms with Crippen molar-refractivity contribution in [3.05, 3.63) is 121 Å². The van der Waals surface area contributed by atoms with Crippen LogP contribution in [0.5, 0.6) is 0 Å². The summed E-state index contributed by atoms with van der Waals surface area (Å²) in [6.07, 6.45) is 6.21. The summed E-state index contributed by atoms with van der Waals surface area (Å²) in [5, 5.41) is 2.07. The number of rotatable bonds is 2. The molecule has 0 saturated carbocycles. The predicted octanol–water partition coefficient (Wildman–Crippen LogP) is 8.41. The Balaban J connectivity index is 0.000000144. The van der Waals surface area contributed by atoms with E-state index in [1.165, 1.54) is 11.1 Å². The van der Waals surface area contributed by atoms with Crippen LogP contribution in [0, 0.1) is 19.1 Å². The van der Waals surface area contributed by atoms with E-state index in [9.17, 15) is 0 Å². The maximum absolute atomic E-state index is 5.94. The summed E-state index contributed by atoms with van der Waals surface area (Å²) in [5.74, 6) is 0.988. The summed E-state index contributed by atoms with van der Waals surface area (Å²) < 4.78 is 8.26. The van der Waals surface area contributed by atoms with Gasteiger partial charge in [-0.2, -0.15) is 0 Å². The van der Waals surface area contributed by atoms with Crippen molar-refractivity contribution in [3.8, 4) is 22.6 Å². The molecule has 0 amide bonds. The van der Waals surface area contributed by atoms with E-state index in [1.54, 1.807) is 6.20 Å². The molecule has 0 unspecified atom stereocenters. The van der Waals surface area contributed by atoms with Crippen LogP contribution in [0.4, 0.5) is 0 Å². The molecular formula is C35H26IrN4O-2. The van der Waals surface area contributed by atoms with E-state index in [-0.39, 0.29) is 25.6 Å². The summed E-state index contributed by atoms with van der Waals surface area (Å²) in [4.78, 5) is 13.7. The number of hydrogen-bond acceptors (Lipinski definition) is 4. The van der Waals surface area contributed by atoms with Crippen molar-refractivity contribution in [2.45, 2.75) is 26.3 Å². The first-order valence-corrected chi connectivity index (χ1v) is 13.3. The van der Waals surface area contributed by atoms with Crippen molar-refractivity contribution in [3.63, 3.8) is 0 Å². The number of benzene rings is 3. The number of aromatic nitrogens is 4. The molecule has 0 aliphatic carbocycles. The minimum atomic E-state index is -0.0812. The zero-order chi connectivity index (χ0) is 27.3. The van der Waals surface area contributed by atoms with E-state index < -0.39 is 0 Å². The second kappa shape index (κ2) is 10.5. The number of hydrogen-bond donors (Lipinski definition) is 0. The molecule has 0 fully saturated rings. The molecule has 203 valence electrons. The third-order valence-corrected chi connectivity index (χ3v) is 7.26. The number of pyridine rings is 2. The van der Waals surface area contributed by atoms with Crippen LogP contribution in [0.2, 0.25) is 0 Å².